The monoisotopic (exact) mass is 208 g/mol. The van der Waals surface area contributed by atoms with Gasteiger partial charge in [-0.1, -0.05) is 0 Å². The number of hydrogen-bond acceptors (Lipinski definition) is 3. The van der Waals surface area contributed by atoms with Crippen molar-refractivity contribution in [3.05, 3.63) is 17.7 Å². The fourth-order valence-corrected chi connectivity index (χ4v) is 1.83. The number of hydrogen-bond donors (Lipinski definition) is 1. The second-order valence-corrected chi connectivity index (χ2v) is 4.16. The molecule has 0 aliphatic carbocycles. The molecule has 0 saturated heterocycles. The minimum Gasteiger partial charge on any atom is -0.364 e. The van der Waals surface area contributed by atoms with E-state index in [4.69, 9.17) is 5.73 Å². The number of carbonyl (C=O) groups is 1. The van der Waals surface area contributed by atoms with Gasteiger partial charge in [-0.2, -0.15) is 0 Å². The number of rotatable bonds is 2. The number of nitrogens with zero attached hydrogens (tertiary/aromatic N) is 3. The van der Waals surface area contributed by atoms with Crippen LogP contribution in [0.3, 0.4) is 0 Å². The van der Waals surface area contributed by atoms with Gasteiger partial charge < -0.3 is 10.3 Å². The molecule has 1 aromatic rings. The summed E-state index contributed by atoms with van der Waals surface area (Å²) in [7, 11) is 0. The maximum Gasteiger partial charge on any atom is 0.268 e. The Hall–Kier alpha value is -1.36. The zero-order chi connectivity index (χ0) is 11.0. The normalized spacial score (nSPS) is 16.7. The Morgan fingerprint density at radius 2 is 2.27 bits per heavy atom. The van der Waals surface area contributed by atoms with Crippen molar-refractivity contribution in [1.29, 1.82) is 0 Å². The number of imidazole rings is 1. The van der Waals surface area contributed by atoms with Crippen LogP contribution >= 0.6 is 0 Å². The van der Waals surface area contributed by atoms with Crippen LogP contribution < -0.4 is 5.73 Å². The molecular weight excluding hydrogens is 192 g/mol. The zero-order valence-electron chi connectivity index (χ0n) is 9.10. The lowest BCUT2D eigenvalue weighted by Gasteiger charge is -2.30. The predicted octanol–water partition coefficient (Wildman–Crippen LogP) is 0.206. The fraction of sp³-hybridized carbons (Fsp3) is 0.600. The van der Waals surface area contributed by atoms with E-state index in [-0.39, 0.29) is 0 Å². The number of fused-ring (bicyclic) bond motifs is 1. The minimum absolute atomic E-state index is 0.371. The molecule has 5 nitrogen and oxygen atoms in total. The largest absolute Gasteiger partial charge is 0.364 e. The topological polar surface area (TPSA) is 64.2 Å². The molecule has 2 rings (SSSR count). The van der Waals surface area contributed by atoms with Gasteiger partial charge in [0.2, 0.25) is 0 Å². The number of amides is 1. The van der Waals surface area contributed by atoms with Gasteiger partial charge in [0.1, 0.15) is 11.5 Å². The first kappa shape index (κ1) is 10.2. The molecule has 0 spiro atoms. The minimum atomic E-state index is -0.451. The summed E-state index contributed by atoms with van der Waals surface area (Å²) in [5.74, 6) is 0.483. The summed E-state index contributed by atoms with van der Waals surface area (Å²) in [5, 5.41) is 0. The van der Waals surface area contributed by atoms with Crippen molar-refractivity contribution < 1.29 is 4.79 Å². The van der Waals surface area contributed by atoms with Crippen LogP contribution in [-0.2, 0) is 13.1 Å². The van der Waals surface area contributed by atoms with Gasteiger partial charge in [0, 0.05) is 25.3 Å². The summed E-state index contributed by atoms with van der Waals surface area (Å²) >= 11 is 0. The Morgan fingerprint density at radius 1 is 1.53 bits per heavy atom. The molecule has 0 radical (unpaired) electrons. The fourth-order valence-electron chi connectivity index (χ4n) is 1.83. The Labute approximate surface area is 88.9 Å². The molecule has 15 heavy (non-hydrogen) atoms. The molecule has 0 bridgehead atoms. The van der Waals surface area contributed by atoms with Crippen molar-refractivity contribution in [3.63, 3.8) is 0 Å². The summed E-state index contributed by atoms with van der Waals surface area (Å²) < 4.78 is 2.01. The van der Waals surface area contributed by atoms with Gasteiger partial charge in [0.15, 0.2) is 0 Å². The Kier molecular flexibility index (Phi) is 2.48. The molecule has 82 valence electrons. The van der Waals surface area contributed by atoms with E-state index in [0.717, 1.165) is 25.5 Å². The first-order chi connectivity index (χ1) is 7.08. The average Bonchev–Trinajstić information content (AvgIpc) is 2.59. The molecule has 5 heteroatoms. The molecule has 0 fully saturated rings. The molecule has 0 aromatic carbocycles. The number of nitrogens with two attached hydrogens (primary N) is 1. The van der Waals surface area contributed by atoms with Crippen LogP contribution in [0, 0.1) is 0 Å². The van der Waals surface area contributed by atoms with Gasteiger partial charge >= 0.3 is 0 Å². The Bertz CT molecular complexity index is 383. The Morgan fingerprint density at radius 3 is 2.87 bits per heavy atom. The van der Waals surface area contributed by atoms with E-state index in [1.54, 1.807) is 6.20 Å². The molecule has 0 saturated carbocycles. The van der Waals surface area contributed by atoms with Crippen LogP contribution in [0.1, 0.15) is 30.2 Å². The van der Waals surface area contributed by atoms with Crippen LogP contribution in [0.15, 0.2) is 6.20 Å². The third kappa shape index (κ3) is 1.87. The highest BCUT2D eigenvalue weighted by atomic mass is 16.1. The van der Waals surface area contributed by atoms with Crippen LogP contribution in [0.4, 0.5) is 0 Å². The van der Waals surface area contributed by atoms with Crippen molar-refractivity contribution in [2.24, 2.45) is 5.73 Å². The van der Waals surface area contributed by atoms with E-state index in [1.165, 1.54) is 0 Å². The van der Waals surface area contributed by atoms with E-state index >= 15 is 0 Å². The van der Waals surface area contributed by atoms with Gasteiger partial charge in [-0.05, 0) is 13.8 Å². The van der Waals surface area contributed by atoms with Crippen molar-refractivity contribution in [2.45, 2.75) is 33.0 Å². The van der Waals surface area contributed by atoms with Crippen molar-refractivity contribution in [3.8, 4) is 0 Å². The molecule has 0 atom stereocenters. The SMILES string of the molecule is CC(C)N1CCn2cc(C(N)=O)nc2C1. The summed E-state index contributed by atoms with van der Waals surface area (Å²) in [6.45, 7) is 7.00. The predicted molar refractivity (Wildman–Crippen MR) is 56.3 cm³/mol. The third-order valence-corrected chi connectivity index (χ3v) is 2.81. The molecule has 1 aliphatic heterocycles. The molecule has 0 unspecified atom stereocenters. The van der Waals surface area contributed by atoms with Gasteiger partial charge in [0.25, 0.3) is 5.91 Å². The lowest BCUT2D eigenvalue weighted by Crippen LogP contribution is -2.38. The molecule has 1 aliphatic rings. The summed E-state index contributed by atoms with van der Waals surface area (Å²) in [5.41, 5.74) is 5.56. The molecule has 2 heterocycles. The maximum absolute atomic E-state index is 11.0. The number of aromatic nitrogens is 2. The molecule has 1 amide bonds. The van der Waals surface area contributed by atoms with E-state index in [0.29, 0.717) is 11.7 Å². The molecule has 2 N–H and O–H groups in total. The van der Waals surface area contributed by atoms with Crippen LogP contribution in [0.5, 0.6) is 0 Å². The zero-order valence-corrected chi connectivity index (χ0v) is 9.10. The van der Waals surface area contributed by atoms with E-state index in [2.05, 4.69) is 23.7 Å². The Balaban J connectivity index is 2.23. The standard InChI is InChI=1S/C10H16N4O/c1-7(2)13-3-4-14-5-8(10(11)15)12-9(14)6-13/h5,7H,3-4,6H2,1-2H3,(H2,11,15). The van der Waals surface area contributed by atoms with E-state index in [9.17, 15) is 4.79 Å². The van der Waals surface area contributed by atoms with Gasteiger partial charge in [-0.3, -0.25) is 9.69 Å². The van der Waals surface area contributed by atoms with Gasteiger partial charge in [-0.25, -0.2) is 4.98 Å². The highest BCUT2D eigenvalue weighted by molar-refractivity contribution is 5.90. The van der Waals surface area contributed by atoms with E-state index < -0.39 is 5.91 Å². The average molecular weight is 208 g/mol. The number of carbonyl (C=O) groups excluding carboxylic acids is 1. The smallest absolute Gasteiger partial charge is 0.268 e. The highest BCUT2D eigenvalue weighted by Crippen LogP contribution is 2.14. The number of primary amides is 1. The first-order valence-electron chi connectivity index (χ1n) is 5.18. The molecular formula is C10H16N4O. The second-order valence-electron chi connectivity index (χ2n) is 4.16. The van der Waals surface area contributed by atoms with Gasteiger partial charge in [-0.15, -0.1) is 0 Å². The highest BCUT2D eigenvalue weighted by Gasteiger charge is 2.21. The van der Waals surface area contributed by atoms with Crippen molar-refractivity contribution in [2.75, 3.05) is 6.54 Å². The lowest BCUT2D eigenvalue weighted by molar-refractivity contribution is 0.0996. The van der Waals surface area contributed by atoms with Crippen molar-refractivity contribution in [1.82, 2.24) is 14.5 Å². The van der Waals surface area contributed by atoms with E-state index in [1.807, 2.05) is 4.57 Å². The second kappa shape index (κ2) is 3.66. The summed E-state index contributed by atoms with van der Waals surface area (Å²) in [4.78, 5) is 17.5. The molecule has 1 aromatic heterocycles. The van der Waals surface area contributed by atoms with Gasteiger partial charge in [0.05, 0.1) is 6.54 Å². The quantitative estimate of drug-likeness (QED) is 0.755. The van der Waals surface area contributed by atoms with Crippen LogP contribution in [0.25, 0.3) is 0 Å². The van der Waals surface area contributed by atoms with Crippen molar-refractivity contribution >= 4 is 5.91 Å². The maximum atomic E-state index is 11.0. The van der Waals surface area contributed by atoms with Crippen LogP contribution in [-0.4, -0.2) is 32.9 Å². The third-order valence-electron chi connectivity index (χ3n) is 2.81. The lowest BCUT2D eigenvalue weighted by atomic mass is 10.2. The first-order valence-corrected chi connectivity index (χ1v) is 5.18. The van der Waals surface area contributed by atoms with Crippen LogP contribution in [0.2, 0.25) is 0 Å². The summed E-state index contributed by atoms with van der Waals surface area (Å²) in [6.07, 6.45) is 1.75. The summed E-state index contributed by atoms with van der Waals surface area (Å²) in [6, 6.07) is 0.507.